The van der Waals surface area contributed by atoms with Gasteiger partial charge in [0.25, 0.3) is 0 Å². The van der Waals surface area contributed by atoms with E-state index in [0.29, 0.717) is 6.04 Å². The second-order valence-corrected chi connectivity index (χ2v) is 5.65. The van der Waals surface area contributed by atoms with Gasteiger partial charge in [0.15, 0.2) is 0 Å². The Bertz CT molecular complexity index is 567. The van der Waals surface area contributed by atoms with E-state index in [0.717, 1.165) is 24.5 Å². The monoisotopic (exact) mass is 272 g/mol. The number of aryl methyl sites for hydroxylation is 1. The minimum atomic E-state index is 0.493. The number of hydrogen-bond acceptors (Lipinski definition) is 3. The van der Waals surface area contributed by atoms with Gasteiger partial charge in [-0.15, -0.1) is 0 Å². The predicted octanol–water partition coefficient (Wildman–Crippen LogP) is 2.75. The fourth-order valence-electron chi connectivity index (χ4n) is 2.07. The lowest BCUT2D eigenvalue weighted by Crippen LogP contribution is -2.21. The number of pyridine rings is 1. The molecule has 108 valence electrons. The number of aromatic nitrogens is 3. The van der Waals surface area contributed by atoms with Crippen LogP contribution >= 0.6 is 0 Å². The Labute approximate surface area is 121 Å². The maximum Gasteiger partial charge on any atom is 0.0834 e. The summed E-state index contributed by atoms with van der Waals surface area (Å²) in [6.45, 7) is 12.2. The van der Waals surface area contributed by atoms with Crippen molar-refractivity contribution in [3.63, 3.8) is 0 Å². The molecular formula is C16H24N4. The molecule has 0 amide bonds. The molecule has 0 saturated heterocycles. The topological polar surface area (TPSA) is 42.7 Å². The first-order valence-electron chi connectivity index (χ1n) is 7.15. The Kier molecular flexibility index (Phi) is 4.55. The Morgan fingerprint density at radius 1 is 1.20 bits per heavy atom. The molecule has 2 rings (SSSR count). The van der Waals surface area contributed by atoms with Gasteiger partial charge in [0.2, 0.25) is 0 Å². The summed E-state index contributed by atoms with van der Waals surface area (Å²) in [6, 6.07) is 4.71. The second-order valence-electron chi connectivity index (χ2n) is 5.65. The van der Waals surface area contributed by atoms with Crippen molar-refractivity contribution in [3.05, 3.63) is 46.5 Å². The summed E-state index contributed by atoms with van der Waals surface area (Å²) in [4.78, 5) is 4.53. The summed E-state index contributed by atoms with van der Waals surface area (Å²) in [5.74, 6) is 0. The highest BCUT2D eigenvalue weighted by Crippen LogP contribution is 2.12. The maximum atomic E-state index is 4.55. The first-order chi connectivity index (χ1) is 9.47. The summed E-state index contributed by atoms with van der Waals surface area (Å²) in [5, 5.41) is 7.94. The summed E-state index contributed by atoms with van der Waals surface area (Å²) >= 11 is 0. The first-order valence-corrected chi connectivity index (χ1v) is 7.15. The van der Waals surface area contributed by atoms with Crippen LogP contribution in [0.3, 0.4) is 0 Å². The first kappa shape index (κ1) is 14.7. The molecule has 0 radical (unpaired) electrons. The van der Waals surface area contributed by atoms with Gasteiger partial charge in [-0.25, -0.2) is 0 Å². The molecule has 0 fully saturated rings. The summed E-state index contributed by atoms with van der Waals surface area (Å²) in [6.07, 6.45) is 1.95. The zero-order chi connectivity index (χ0) is 14.7. The number of nitrogens with one attached hydrogen (secondary N) is 1. The number of nitrogens with zero attached hydrogens (tertiary/aromatic N) is 3. The SMILES string of the molecule is Cc1nn(Cc2ccc(CNC(C)C)cn2)c(C)c1C. The molecule has 0 saturated carbocycles. The highest BCUT2D eigenvalue weighted by Gasteiger charge is 2.08. The largest absolute Gasteiger partial charge is 0.310 e. The molecule has 0 aliphatic rings. The fourth-order valence-corrected chi connectivity index (χ4v) is 2.07. The van der Waals surface area contributed by atoms with Crippen molar-refractivity contribution in [2.45, 2.75) is 53.8 Å². The van der Waals surface area contributed by atoms with Crippen LogP contribution in [0.5, 0.6) is 0 Å². The summed E-state index contributed by atoms with van der Waals surface area (Å²) in [5.41, 5.74) is 5.84. The molecular weight excluding hydrogens is 248 g/mol. The minimum absolute atomic E-state index is 0.493. The Balaban J connectivity index is 2.05. The van der Waals surface area contributed by atoms with Gasteiger partial charge in [0.1, 0.15) is 0 Å². The third kappa shape index (κ3) is 3.45. The molecule has 2 aromatic heterocycles. The number of rotatable bonds is 5. The summed E-state index contributed by atoms with van der Waals surface area (Å²) < 4.78 is 2.03. The zero-order valence-electron chi connectivity index (χ0n) is 13.1. The zero-order valence-corrected chi connectivity index (χ0v) is 13.1. The molecule has 0 unspecified atom stereocenters. The Hall–Kier alpha value is -1.68. The highest BCUT2D eigenvalue weighted by molar-refractivity contribution is 5.23. The van der Waals surface area contributed by atoms with Crippen molar-refractivity contribution in [1.29, 1.82) is 0 Å². The van der Waals surface area contributed by atoms with Crippen LogP contribution in [-0.2, 0) is 13.1 Å². The normalized spacial score (nSPS) is 11.3. The van der Waals surface area contributed by atoms with Crippen molar-refractivity contribution < 1.29 is 0 Å². The van der Waals surface area contributed by atoms with Crippen LogP contribution in [0, 0.1) is 20.8 Å². The van der Waals surface area contributed by atoms with Crippen LogP contribution in [0.1, 0.15) is 42.1 Å². The molecule has 4 nitrogen and oxygen atoms in total. The van der Waals surface area contributed by atoms with Crippen LogP contribution < -0.4 is 5.32 Å². The average molecular weight is 272 g/mol. The molecule has 20 heavy (non-hydrogen) atoms. The van der Waals surface area contributed by atoms with E-state index in [1.165, 1.54) is 16.8 Å². The summed E-state index contributed by atoms with van der Waals surface area (Å²) in [7, 11) is 0. The van der Waals surface area contributed by atoms with Gasteiger partial charge in [-0.3, -0.25) is 9.67 Å². The third-order valence-electron chi connectivity index (χ3n) is 3.66. The van der Waals surface area contributed by atoms with Gasteiger partial charge in [0.05, 0.1) is 17.9 Å². The van der Waals surface area contributed by atoms with Crippen molar-refractivity contribution in [2.24, 2.45) is 0 Å². The van der Waals surface area contributed by atoms with E-state index in [1.54, 1.807) is 0 Å². The van der Waals surface area contributed by atoms with Gasteiger partial charge < -0.3 is 5.32 Å². The fraction of sp³-hybridized carbons (Fsp3) is 0.500. The van der Waals surface area contributed by atoms with E-state index in [2.05, 4.69) is 55.2 Å². The highest BCUT2D eigenvalue weighted by atomic mass is 15.3. The van der Waals surface area contributed by atoms with Crippen LogP contribution in [0.2, 0.25) is 0 Å². The molecule has 0 aliphatic carbocycles. The van der Waals surface area contributed by atoms with E-state index < -0.39 is 0 Å². The molecule has 4 heteroatoms. The van der Waals surface area contributed by atoms with Crippen LogP contribution in [0.4, 0.5) is 0 Å². The number of hydrogen-bond donors (Lipinski definition) is 1. The smallest absolute Gasteiger partial charge is 0.0834 e. The molecule has 0 aromatic carbocycles. The molecule has 2 heterocycles. The van der Waals surface area contributed by atoms with E-state index in [1.807, 2.05) is 17.8 Å². The van der Waals surface area contributed by atoms with Gasteiger partial charge in [-0.2, -0.15) is 5.10 Å². The van der Waals surface area contributed by atoms with Crippen LogP contribution in [-0.4, -0.2) is 20.8 Å². The molecule has 0 aliphatic heterocycles. The molecule has 1 N–H and O–H groups in total. The second kappa shape index (κ2) is 6.18. The predicted molar refractivity (Wildman–Crippen MR) is 81.8 cm³/mol. The minimum Gasteiger partial charge on any atom is -0.310 e. The van der Waals surface area contributed by atoms with Crippen molar-refractivity contribution in [1.82, 2.24) is 20.1 Å². The Morgan fingerprint density at radius 2 is 1.95 bits per heavy atom. The van der Waals surface area contributed by atoms with Crippen molar-refractivity contribution >= 4 is 0 Å². The standard InChI is InChI=1S/C16H24N4/c1-11(2)17-8-15-6-7-16(18-9-15)10-20-14(5)12(3)13(4)19-20/h6-7,9,11,17H,8,10H2,1-5H3. The maximum absolute atomic E-state index is 4.55. The van der Waals surface area contributed by atoms with Gasteiger partial charge in [0, 0.05) is 24.5 Å². The van der Waals surface area contributed by atoms with Crippen molar-refractivity contribution in [3.8, 4) is 0 Å². The van der Waals surface area contributed by atoms with Crippen LogP contribution in [0.25, 0.3) is 0 Å². The Morgan fingerprint density at radius 3 is 2.45 bits per heavy atom. The van der Waals surface area contributed by atoms with Crippen molar-refractivity contribution in [2.75, 3.05) is 0 Å². The third-order valence-corrected chi connectivity index (χ3v) is 3.66. The lowest BCUT2D eigenvalue weighted by Gasteiger charge is -2.09. The van der Waals surface area contributed by atoms with Gasteiger partial charge in [-0.1, -0.05) is 19.9 Å². The molecule has 0 spiro atoms. The van der Waals surface area contributed by atoms with Gasteiger partial charge >= 0.3 is 0 Å². The quantitative estimate of drug-likeness (QED) is 0.910. The van der Waals surface area contributed by atoms with E-state index in [-0.39, 0.29) is 0 Å². The van der Waals surface area contributed by atoms with E-state index >= 15 is 0 Å². The average Bonchev–Trinajstić information content (AvgIpc) is 2.65. The lowest BCUT2D eigenvalue weighted by molar-refractivity contribution is 0.587. The van der Waals surface area contributed by atoms with Crippen LogP contribution in [0.15, 0.2) is 18.3 Å². The van der Waals surface area contributed by atoms with E-state index in [9.17, 15) is 0 Å². The lowest BCUT2D eigenvalue weighted by atomic mass is 10.2. The molecule has 2 aromatic rings. The molecule has 0 bridgehead atoms. The molecule has 0 atom stereocenters. The van der Waals surface area contributed by atoms with Gasteiger partial charge in [-0.05, 0) is 38.0 Å². The van der Waals surface area contributed by atoms with E-state index in [4.69, 9.17) is 0 Å².